The van der Waals surface area contributed by atoms with E-state index in [2.05, 4.69) is 30.3 Å². The van der Waals surface area contributed by atoms with Crippen LogP contribution < -0.4 is 24.4 Å². The molecular weight excluding hydrogens is 528 g/mol. The molecule has 0 spiro atoms. The van der Waals surface area contributed by atoms with Crippen LogP contribution in [0.5, 0.6) is 11.5 Å². The van der Waals surface area contributed by atoms with Crippen molar-refractivity contribution in [3.8, 4) is 11.5 Å². The first kappa shape index (κ1) is 25.3. The minimum absolute atomic E-state index is 0.0503. The lowest BCUT2D eigenvalue weighted by Gasteiger charge is -2.31. The molecular formula is C35H28N2O3S. The summed E-state index contributed by atoms with van der Waals surface area (Å²) in [4.78, 5) is 19.9. The van der Waals surface area contributed by atoms with Gasteiger partial charge in [0.25, 0.3) is 5.56 Å². The molecule has 202 valence electrons. The number of thiazole rings is 1. The quantitative estimate of drug-likeness (QED) is 0.262. The molecule has 2 aliphatic rings. The number of allylic oxidation sites excluding steroid dienone is 1. The molecule has 0 saturated carbocycles. The Labute approximate surface area is 242 Å². The Morgan fingerprint density at radius 2 is 1.73 bits per heavy atom. The number of hydrogen-bond acceptors (Lipinski definition) is 5. The summed E-state index contributed by atoms with van der Waals surface area (Å²) < 4.78 is 14.3. The van der Waals surface area contributed by atoms with Crippen LogP contribution in [0.4, 0.5) is 0 Å². The molecule has 0 fully saturated rings. The van der Waals surface area contributed by atoms with Gasteiger partial charge in [0.15, 0.2) is 4.80 Å². The molecule has 0 unspecified atom stereocenters. The van der Waals surface area contributed by atoms with E-state index in [1.54, 1.807) is 7.11 Å². The maximum Gasteiger partial charge on any atom is 0.271 e. The van der Waals surface area contributed by atoms with Crippen LogP contribution in [-0.2, 0) is 13.0 Å². The largest absolute Gasteiger partial charge is 0.496 e. The highest BCUT2D eigenvalue weighted by molar-refractivity contribution is 7.07. The Balaban J connectivity index is 1.35. The first-order valence-electron chi connectivity index (χ1n) is 13.7. The third-order valence-electron chi connectivity index (χ3n) is 7.71. The predicted octanol–water partition coefficient (Wildman–Crippen LogP) is 5.91. The topological polar surface area (TPSA) is 52.8 Å². The highest BCUT2D eigenvalue weighted by Crippen LogP contribution is 2.43. The van der Waals surface area contributed by atoms with Crippen LogP contribution in [0, 0.1) is 0 Å². The van der Waals surface area contributed by atoms with Crippen molar-refractivity contribution < 1.29 is 9.47 Å². The van der Waals surface area contributed by atoms with Crippen LogP contribution in [0.25, 0.3) is 11.8 Å². The molecule has 0 radical (unpaired) electrons. The minimum Gasteiger partial charge on any atom is -0.496 e. The number of methoxy groups -OCH3 is 1. The number of para-hydroxylation sites is 1. The van der Waals surface area contributed by atoms with E-state index in [4.69, 9.17) is 14.5 Å². The van der Waals surface area contributed by atoms with Gasteiger partial charge in [-0.05, 0) is 59.4 Å². The summed E-state index contributed by atoms with van der Waals surface area (Å²) in [7, 11) is 1.68. The molecule has 0 bridgehead atoms. The van der Waals surface area contributed by atoms with Crippen LogP contribution in [0.2, 0.25) is 0 Å². The van der Waals surface area contributed by atoms with Crippen molar-refractivity contribution in [2.75, 3.05) is 7.11 Å². The van der Waals surface area contributed by atoms with E-state index in [-0.39, 0.29) is 11.6 Å². The summed E-state index contributed by atoms with van der Waals surface area (Å²) in [5.41, 5.74) is 7.51. The summed E-state index contributed by atoms with van der Waals surface area (Å²) >= 11 is 1.43. The molecule has 0 N–H and O–H groups in total. The molecule has 0 saturated heterocycles. The van der Waals surface area contributed by atoms with Crippen LogP contribution in [0.15, 0.2) is 118 Å². The summed E-state index contributed by atoms with van der Waals surface area (Å²) in [6.07, 6.45) is 3.69. The van der Waals surface area contributed by atoms with Gasteiger partial charge in [0.1, 0.15) is 18.1 Å². The lowest BCUT2D eigenvalue weighted by atomic mass is 9.83. The Kier molecular flexibility index (Phi) is 6.61. The molecule has 4 aromatic carbocycles. The zero-order valence-electron chi connectivity index (χ0n) is 22.6. The monoisotopic (exact) mass is 556 g/mol. The fraction of sp³-hybridized carbons (Fsp3) is 0.143. The number of ether oxygens (including phenoxy) is 2. The number of aryl methyl sites for hydroxylation is 1. The normalized spacial score (nSPS) is 15.9. The smallest absolute Gasteiger partial charge is 0.271 e. The number of aromatic nitrogens is 1. The Morgan fingerprint density at radius 3 is 2.61 bits per heavy atom. The summed E-state index contributed by atoms with van der Waals surface area (Å²) in [5.74, 6) is 1.53. The van der Waals surface area contributed by atoms with Gasteiger partial charge in [0.05, 0.1) is 23.4 Å². The molecule has 7 rings (SSSR count). The second kappa shape index (κ2) is 10.7. The molecule has 5 aromatic rings. The van der Waals surface area contributed by atoms with Gasteiger partial charge in [-0.25, -0.2) is 4.99 Å². The Bertz CT molecular complexity index is 1970. The summed E-state index contributed by atoms with van der Waals surface area (Å²) in [6, 6.07) is 34.1. The zero-order chi connectivity index (χ0) is 27.8. The SMILES string of the molecule is COc1ccccc1[C@@H]1C2=C(N=c3s/c(=C/c4cccc(OCc5ccccc5)c4)c(=O)n31)c1ccccc1CC2. The first-order chi connectivity index (χ1) is 20.2. The molecule has 0 amide bonds. The lowest BCUT2D eigenvalue weighted by Crippen LogP contribution is -2.39. The maximum absolute atomic E-state index is 14.1. The van der Waals surface area contributed by atoms with E-state index in [0.717, 1.165) is 57.9 Å². The van der Waals surface area contributed by atoms with Gasteiger partial charge in [-0.1, -0.05) is 96.3 Å². The molecule has 5 nitrogen and oxygen atoms in total. The van der Waals surface area contributed by atoms with Crippen molar-refractivity contribution in [3.05, 3.63) is 156 Å². The predicted molar refractivity (Wildman–Crippen MR) is 163 cm³/mol. The highest BCUT2D eigenvalue weighted by atomic mass is 32.1. The van der Waals surface area contributed by atoms with Crippen molar-refractivity contribution in [3.63, 3.8) is 0 Å². The fourth-order valence-corrected chi connectivity index (χ4v) is 6.78. The van der Waals surface area contributed by atoms with Gasteiger partial charge in [-0.3, -0.25) is 9.36 Å². The van der Waals surface area contributed by atoms with Crippen LogP contribution in [-0.4, -0.2) is 11.7 Å². The standard InChI is InChI=1S/C35H28N2O3S/c1-39-30-17-8-7-16-28(30)33-29-19-18-25-13-5-6-15-27(25)32(29)36-35-37(33)34(38)31(41-35)21-24-12-9-14-26(20-24)40-22-23-10-3-2-4-11-23/h2-17,20-21,33H,18-19,22H2,1H3/b31-21+/t33-/m1/s1. The third-order valence-corrected chi connectivity index (χ3v) is 8.69. The van der Waals surface area contributed by atoms with Gasteiger partial charge in [-0.2, -0.15) is 0 Å². The van der Waals surface area contributed by atoms with E-state index in [1.807, 2.05) is 83.4 Å². The minimum atomic E-state index is -0.284. The number of nitrogens with zero attached hydrogens (tertiary/aromatic N) is 2. The van der Waals surface area contributed by atoms with Gasteiger partial charge >= 0.3 is 0 Å². The Morgan fingerprint density at radius 1 is 0.927 bits per heavy atom. The second-order valence-electron chi connectivity index (χ2n) is 10.2. The Hall–Kier alpha value is -4.68. The van der Waals surface area contributed by atoms with Gasteiger partial charge in [0.2, 0.25) is 0 Å². The molecule has 2 heterocycles. The molecule has 1 aliphatic heterocycles. The van der Waals surface area contributed by atoms with Crippen molar-refractivity contribution in [1.29, 1.82) is 0 Å². The number of benzene rings is 4. The zero-order valence-corrected chi connectivity index (χ0v) is 23.4. The number of hydrogen-bond donors (Lipinski definition) is 0. The maximum atomic E-state index is 14.1. The average molecular weight is 557 g/mol. The van der Waals surface area contributed by atoms with E-state index in [0.29, 0.717) is 15.9 Å². The van der Waals surface area contributed by atoms with Crippen molar-refractivity contribution >= 4 is 23.1 Å². The average Bonchev–Trinajstić information content (AvgIpc) is 3.33. The van der Waals surface area contributed by atoms with E-state index in [1.165, 1.54) is 16.9 Å². The van der Waals surface area contributed by atoms with Gasteiger partial charge in [0, 0.05) is 11.1 Å². The number of fused-ring (bicyclic) bond motifs is 3. The molecule has 1 atom stereocenters. The first-order valence-corrected chi connectivity index (χ1v) is 14.5. The van der Waals surface area contributed by atoms with E-state index >= 15 is 0 Å². The highest BCUT2D eigenvalue weighted by Gasteiger charge is 2.33. The van der Waals surface area contributed by atoms with Crippen LogP contribution in [0.1, 0.15) is 40.3 Å². The van der Waals surface area contributed by atoms with Crippen molar-refractivity contribution in [2.24, 2.45) is 4.99 Å². The molecule has 1 aliphatic carbocycles. The molecule has 41 heavy (non-hydrogen) atoms. The molecule has 1 aromatic heterocycles. The van der Waals surface area contributed by atoms with Crippen molar-refractivity contribution in [2.45, 2.75) is 25.5 Å². The fourth-order valence-electron chi connectivity index (χ4n) is 5.78. The van der Waals surface area contributed by atoms with Gasteiger partial charge in [-0.15, -0.1) is 0 Å². The van der Waals surface area contributed by atoms with E-state index in [9.17, 15) is 4.79 Å². The van der Waals surface area contributed by atoms with Crippen LogP contribution in [0.3, 0.4) is 0 Å². The third kappa shape index (κ3) is 4.70. The number of rotatable bonds is 6. The van der Waals surface area contributed by atoms with E-state index < -0.39 is 0 Å². The summed E-state index contributed by atoms with van der Waals surface area (Å²) in [6.45, 7) is 0.485. The van der Waals surface area contributed by atoms with Crippen LogP contribution >= 0.6 is 11.3 Å². The van der Waals surface area contributed by atoms with Crippen molar-refractivity contribution in [1.82, 2.24) is 4.57 Å². The second-order valence-corrected chi connectivity index (χ2v) is 11.2. The molecule has 6 heteroatoms. The summed E-state index contributed by atoms with van der Waals surface area (Å²) in [5, 5.41) is 0. The van der Waals surface area contributed by atoms with Gasteiger partial charge < -0.3 is 9.47 Å². The lowest BCUT2D eigenvalue weighted by molar-refractivity contribution is 0.306.